The third-order valence-electron chi connectivity index (χ3n) is 6.12. The number of hydrogen-bond acceptors (Lipinski definition) is 8. The Kier molecular flexibility index (Phi) is 10.0. The Balaban J connectivity index is 1.68. The van der Waals surface area contributed by atoms with Gasteiger partial charge in [0.05, 0.1) is 19.3 Å². The van der Waals surface area contributed by atoms with Crippen molar-refractivity contribution in [3.63, 3.8) is 0 Å². The Labute approximate surface area is 243 Å². The lowest BCUT2D eigenvalue weighted by molar-refractivity contribution is -0.139. The number of unbranched alkanes of at least 4 members (excludes halogenated alkanes) is 1. The van der Waals surface area contributed by atoms with E-state index in [1.165, 1.54) is 0 Å². The first kappa shape index (κ1) is 29.1. The van der Waals surface area contributed by atoms with Gasteiger partial charge in [-0.15, -0.1) is 5.10 Å². The van der Waals surface area contributed by atoms with E-state index in [1.807, 2.05) is 38.1 Å². The van der Waals surface area contributed by atoms with Crippen LogP contribution in [0.5, 0.6) is 11.5 Å². The van der Waals surface area contributed by atoms with E-state index in [0.29, 0.717) is 50.5 Å². The number of carbonyl (C=O) groups is 1. The number of benzene rings is 2. The van der Waals surface area contributed by atoms with E-state index in [1.54, 1.807) is 35.7 Å². The molecule has 2 heterocycles. The Hall–Kier alpha value is -2.88. The second kappa shape index (κ2) is 13.5. The van der Waals surface area contributed by atoms with Crippen LogP contribution in [0.4, 0.5) is 5.95 Å². The van der Waals surface area contributed by atoms with Crippen LogP contribution in [0.2, 0.25) is 10.0 Å². The average Bonchev–Trinajstić information content (AvgIpc) is 3.32. The predicted octanol–water partition coefficient (Wildman–Crippen LogP) is 7.31. The molecule has 39 heavy (non-hydrogen) atoms. The number of esters is 1. The molecule has 1 unspecified atom stereocenters. The van der Waals surface area contributed by atoms with Crippen LogP contribution in [0, 0.1) is 0 Å². The number of hydrogen-bond donors (Lipinski definition) is 1. The lowest BCUT2D eigenvalue weighted by atomic mass is 9.95. The fourth-order valence-corrected chi connectivity index (χ4v) is 5.49. The highest BCUT2D eigenvalue weighted by Gasteiger charge is 2.35. The number of rotatable bonds is 12. The van der Waals surface area contributed by atoms with Gasteiger partial charge in [0.2, 0.25) is 11.1 Å². The van der Waals surface area contributed by atoms with Gasteiger partial charge < -0.3 is 19.5 Å². The monoisotopic (exact) mass is 590 g/mol. The SMILES string of the molecule is CCCCSc1nc2n(n1)C(c1ccc(OCc3ccc(Cl)cc3Cl)c(OC)c1)C(C(=O)OCCC)=C(C)N2. The predicted molar refractivity (Wildman–Crippen MR) is 155 cm³/mol. The zero-order chi connectivity index (χ0) is 27.9. The minimum Gasteiger partial charge on any atom is -0.493 e. The number of methoxy groups -OCH3 is 1. The molecule has 3 aromatic rings. The van der Waals surface area contributed by atoms with Crippen molar-refractivity contribution >= 4 is 46.9 Å². The van der Waals surface area contributed by atoms with Gasteiger partial charge in [0.1, 0.15) is 12.6 Å². The summed E-state index contributed by atoms with van der Waals surface area (Å²) in [5.74, 6) is 2.13. The van der Waals surface area contributed by atoms with Crippen LogP contribution in [0.3, 0.4) is 0 Å². The Morgan fingerprint density at radius 2 is 1.95 bits per heavy atom. The van der Waals surface area contributed by atoms with Gasteiger partial charge in [-0.05, 0) is 49.6 Å². The maximum absolute atomic E-state index is 13.3. The summed E-state index contributed by atoms with van der Waals surface area (Å²) in [6, 6.07) is 10.3. The highest BCUT2D eigenvalue weighted by molar-refractivity contribution is 7.99. The molecular formula is C28H32Cl2N4O4S. The molecule has 0 amide bonds. The first-order valence-corrected chi connectivity index (χ1v) is 14.6. The van der Waals surface area contributed by atoms with Crippen molar-refractivity contribution in [2.45, 2.75) is 57.8 Å². The molecule has 11 heteroatoms. The first-order chi connectivity index (χ1) is 18.9. The summed E-state index contributed by atoms with van der Waals surface area (Å²) in [7, 11) is 1.57. The van der Waals surface area contributed by atoms with Crippen molar-refractivity contribution < 1.29 is 19.0 Å². The molecule has 4 rings (SSSR count). The van der Waals surface area contributed by atoms with Crippen LogP contribution in [0.15, 0.2) is 52.8 Å². The molecule has 0 bridgehead atoms. The molecule has 0 aliphatic carbocycles. The van der Waals surface area contributed by atoms with Crippen molar-refractivity contribution in [2.75, 3.05) is 24.8 Å². The van der Waals surface area contributed by atoms with E-state index in [-0.39, 0.29) is 6.61 Å². The summed E-state index contributed by atoms with van der Waals surface area (Å²) >= 11 is 13.9. The van der Waals surface area contributed by atoms with Gasteiger partial charge in [-0.1, -0.05) is 67.4 Å². The van der Waals surface area contributed by atoms with Crippen LogP contribution >= 0.6 is 35.0 Å². The van der Waals surface area contributed by atoms with Crippen LogP contribution in [0.25, 0.3) is 0 Å². The molecule has 0 spiro atoms. The molecule has 0 saturated carbocycles. The molecule has 1 N–H and O–H groups in total. The summed E-state index contributed by atoms with van der Waals surface area (Å²) in [5, 5.41) is 9.74. The molecule has 2 aromatic carbocycles. The maximum Gasteiger partial charge on any atom is 0.338 e. The Morgan fingerprint density at radius 3 is 2.67 bits per heavy atom. The number of carbonyl (C=O) groups excluding carboxylic acids is 1. The number of thioether (sulfide) groups is 1. The van der Waals surface area contributed by atoms with Gasteiger partial charge in [0.25, 0.3) is 0 Å². The molecule has 0 radical (unpaired) electrons. The number of halogens is 2. The molecule has 1 aliphatic rings. The molecule has 1 atom stereocenters. The number of aromatic nitrogens is 3. The largest absolute Gasteiger partial charge is 0.493 e. The second-order valence-corrected chi connectivity index (χ2v) is 10.9. The van der Waals surface area contributed by atoms with Crippen LogP contribution in [0.1, 0.15) is 57.2 Å². The minimum absolute atomic E-state index is 0.234. The van der Waals surface area contributed by atoms with Crippen molar-refractivity contribution in [3.05, 3.63) is 68.8 Å². The molecule has 8 nitrogen and oxygen atoms in total. The zero-order valence-electron chi connectivity index (χ0n) is 22.4. The van der Waals surface area contributed by atoms with Gasteiger partial charge in [-0.3, -0.25) is 0 Å². The topological polar surface area (TPSA) is 87.5 Å². The third-order valence-corrected chi connectivity index (χ3v) is 7.63. The second-order valence-electron chi connectivity index (χ2n) is 9.00. The molecule has 1 aliphatic heterocycles. The van der Waals surface area contributed by atoms with Crippen molar-refractivity contribution in [1.29, 1.82) is 0 Å². The van der Waals surface area contributed by atoms with Gasteiger partial charge in [0, 0.05) is 27.1 Å². The number of ether oxygens (including phenoxy) is 3. The molecular weight excluding hydrogens is 559 g/mol. The third kappa shape index (κ3) is 6.83. The maximum atomic E-state index is 13.3. The number of nitrogens with zero attached hydrogens (tertiary/aromatic N) is 3. The highest BCUT2D eigenvalue weighted by atomic mass is 35.5. The van der Waals surface area contributed by atoms with Crippen molar-refractivity contribution in [1.82, 2.24) is 14.8 Å². The minimum atomic E-state index is -0.563. The summed E-state index contributed by atoms with van der Waals surface area (Å²) < 4.78 is 19.0. The van der Waals surface area contributed by atoms with Gasteiger partial charge >= 0.3 is 5.97 Å². The summed E-state index contributed by atoms with van der Waals surface area (Å²) in [6.07, 6.45) is 2.88. The summed E-state index contributed by atoms with van der Waals surface area (Å²) in [5.41, 5.74) is 2.71. The van der Waals surface area contributed by atoms with E-state index in [2.05, 4.69) is 17.2 Å². The molecule has 0 saturated heterocycles. The quantitative estimate of drug-likeness (QED) is 0.133. The van der Waals surface area contributed by atoms with E-state index in [9.17, 15) is 4.79 Å². The van der Waals surface area contributed by atoms with Crippen molar-refractivity contribution in [3.8, 4) is 11.5 Å². The number of anilines is 1. The molecule has 1 aromatic heterocycles. The zero-order valence-corrected chi connectivity index (χ0v) is 24.8. The van der Waals surface area contributed by atoms with E-state index in [4.69, 9.17) is 42.5 Å². The lowest BCUT2D eigenvalue weighted by Crippen LogP contribution is -2.29. The fraction of sp³-hybridized carbons (Fsp3) is 0.393. The lowest BCUT2D eigenvalue weighted by Gasteiger charge is -2.28. The summed E-state index contributed by atoms with van der Waals surface area (Å²) in [6.45, 7) is 6.52. The van der Waals surface area contributed by atoms with Gasteiger partial charge in [-0.25, -0.2) is 9.48 Å². The number of fused-ring (bicyclic) bond motifs is 1. The average molecular weight is 592 g/mol. The Morgan fingerprint density at radius 1 is 1.13 bits per heavy atom. The first-order valence-electron chi connectivity index (χ1n) is 12.8. The smallest absolute Gasteiger partial charge is 0.338 e. The molecule has 0 fully saturated rings. The van der Waals surface area contributed by atoms with E-state index >= 15 is 0 Å². The Bertz CT molecular complexity index is 1360. The summed E-state index contributed by atoms with van der Waals surface area (Å²) in [4.78, 5) is 17.9. The standard InChI is InChI=1S/C28H32Cl2N4O4S/c1-5-7-13-39-28-32-27-31-17(3)24(26(35)37-12-6-2)25(34(27)33-28)18-9-11-22(23(14-18)36-4)38-16-19-8-10-20(29)15-21(19)30/h8-11,14-15,25H,5-7,12-13,16H2,1-4H3,(H,31,32,33). The van der Waals surface area contributed by atoms with Crippen LogP contribution in [-0.2, 0) is 16.1 Å². The highest BCUT2D eigenvalue weighted by Crippen LogP contribution is 2.40. The van der Waals surface area contributed by atoms with Gasteiger partial charge in [0.15, 0.2) is 11.5 Å². The van der Waals surface area contributed by atoms with Crippen LogP contribution in [-0.4, -0.2) is 40.2 Å². The van der Waals surface area contributed by atoms with Gasteiger partial charge in [-0.2, -0.15) is 4.98 Å². The van der Waals surface area contributed by atoms with E-state index in [0.717, 1.165) is 36.1 Å². The van der Waals surface area contributed by atoms with Crippen molar-refractivity contribution in [2.24, 2.45) is 0 Å². The van der Waals surface area contributed by atoms with E-state index < -0.39 is 12.0 Å². The van der Waals surface area contributed by atoms with Crippen LogP contribution < -0.4 is 14.8 Å². The number of allylic oxidation sites excluding steroid dienone is 1. The normalized spacial score (nSPS) is 14.6. The number of nitrogens with one attached hydrogen (secondary N) is 1. The molecule has 208 valence electrons. The fourth-order valence-electron chi connectivity index (χ4n) is 4.11.